The largest absolute Gasteiger partial charge is 0.392 e. The van der Waals surface area contributed by atoms with E-state index in [0.29, 0.717) is 13.2 Å². The number of nitrogens with one attached hydrogen (secondary N) is 1. The predicted octanol–water partition coefficient (Wildman–Crippen LogP) is 1.05. The molecule has 0 bridgehead atoms. The molecule has 1 aromatic carbocycles. The number of likely N-dealkylation sites (N-methyl/N-ethyl adjacent to an activating group) is 1. The Labute approximate surface area is 138 Å². The van der Waals surface area contributed by atoms with Crippen molar-refractivity contribution in [3.63, 3.8) is 0 Å². The molecule has 10 nitrogen and oxygen atoms in total. The molecule has 1 aromatic rings. The second-order valence-corrected chi connectivity index (χ2v) is 5.71. The molecule has 1 aliphatic heterocycles. The highest BCUT2D eigenvalue weighted by molar-refractivity contribution is 5.77. The van der Waals surface area contributed by atoms with Gasteiger partial charge in [0.1, 0.15) is 0 Å². The number of anilines is 1. The van der Waals surface area contributed by atoms with Gasteiger partial charge >= 0.3 is 5.69 Å². The number of hydrogen-bond acceptors (Lipinski definition) is 8. The first-order valence-corrected chi connectivity index (χ1v) is 7.45. The Morgan fingerprint density at radius 3 is 2.67 bits per heavy atom. The molecule has 132 valence electrons. The van der Waals surface area contributed by atoms with Gasteiger partial charge < -0.3 is 20.1 Å². The highest BCUT2D eigenvalue weighted by Crippen LogP contribution is 2.39. The van der Waals surface area contributed by atoms with Gasteiger partial charge in [-0.2, -0.15) is 0 Å². The monoisotopic (exact) mass is 340 g/mol. The maximum Gasteiger partial charge on any atom is 0.302 e. The number of aliphatic hydroxyl groups is 1. The fourth-order valence-electron chi connectivity index (χ4n) is 2.72. The van der Waals surface area contributed by atoms with Crippen LogP contribution in [0.15, 0.2) is 6.07 Å². The van der Waals surface area contributed by atoms with E-state index in [4.69, 9.17) is 4.74 Å². The van der Waals surface area contributed by atoms with Gasteiger partial charge in [-0.15, -0.1) is 0 Å². The smallest absolute Gasteiger partial charge is 0.302 e. The molecule has 0 spiro atoms. The Kier molecular flexibility index (Phi) is 5.65. The molecule has 1 heterocycles. The normalized spacial score (nSPS) is 18.4. The lowest BCUT2D eigenvalue weighted by atomic mass is 10.0. The van der Waals surface area contributed by atoms with Gasteiger partial charge in [-0.05, 0) is 19.5 Å². The van der Waals surface area contributed by atoms with Crippen molar-refractivity contribution in [2.24, 2.45) is 0 Å². The van der Waals surface area contributed by atoms with Crippen LogP contribution in [0.3, 0.4) is 0 Å². The zero-order chi connectivity index (χ0) is 17.9. The summed E-state index contributed by atoms with van der Waals surface area (Å²) in [5.41, 5.74) is -0.612. The van der Waals surface area contributed by atoms with Gasteiger partial charge in [0.25, 0.3) is 5.69 Å². The minimum Gasteiger partial charge on any atom is -0.392 e. The molecule has 1 saturated heterocycles. The van der Waals surface area contributed by atoms with E-state index in [1.807, 2.05) is 7.05 Å². The minimum atomic E-state index is -0.693. The Balaban J connectivity index is 2.37. The van der Waals surface area contributed by atoms with Crippen LogP contribution in [-0.2, 0) is 11.3 Å². The molecule has 0 amide bonds. The average Bonchev–Trinajstić information content (AvgIpc) is 2.52. The Morgan fingerprint density at radius 1 is 1.42 bits per heavy atom. The van der Waals surface area contributed by atoms with Crippen LogP contribution in [0, 0.1) is 27.2 Å². The SMILES string of the molecule is Cc1c(CO)cc([N+](=O)[O-])c(NCC2CN(C)CCO2)c1[N+](=O)[O-]. The highest BCUT2D eigenvalue weighted by atomic mass is 16.6. The molecule has 1 fully saturated rings. The maximum atomic E-state index is 11.4. The van der Waals surface area contributed by atoms with E-state index in [-0.39, 0.29) is 29.5 Å². The Bertz CT molecular complexity index is 651. The number of hydrogen-bond donors (Lipinski definition) is 2. The lowest BCUT2D eigenvalue weighted by Gasteiger charge is -2.30. The van der Waals surface area contributed by atoms with Crippen molar-refractivity contribution >= 4 is 17.1 Å². The summed E-state index contributed by atoms with van der Waals surface area (Å²) >= 11 is 0. The van der Waals surface area contributed by atoms with Crippen molar-refractivity contribution in [1.29, 1.82) is 0 Å². The first kappa shape index (κ1) is 18.0. The van der Waals surface area contributed by atoms with Crippen molar-refractivity contribution in [1.82, 2.24) is 4.90 Å². The summed E-state index contributed by atoms with van der Waals surface area (Å²) in [6.45, 7) is 3.12. The molecule has 1 unspecified atom stereocenters. The summed E-state index contributed by atoms with van der Waals surface area (Å²) in [5, 5.41) is 34.8. The average molecular weight is 340 g/mol. The summed E-state index contributed by atoms with van der Waals surface area (Å²) in [6.07, 6.45) is -0.221. The van der Waals surface area contributed by atoms with Gasteiger partial charge in [0.2, 0.25) is 0 Å². The van der Waals surface area contributed by atoms with Crippen molar-refractivity contribution in [3.05, 3.63) is 37.4 Å². The first-order valence-electron chi connectivity index (χ1n) is 7.45. The van der Waals surface area contributed by atoms with E-state index in [1.54, 1.807) is 0 Å². The van der Waals surface area contributed by atoms with Crippen LogP contribution in [-0.4, -0.2) is 59.2 Å². The lowest BCUT2D eigenvalue weighted by Crippen LogP contribution is -2.43. The molecule has 2 N–H and O–H groups in total. The summed E-state index contributed by atoms with van der Waals surface area (Å²) in [6, 6.07) is 1.17. The van der Waals surface area contributed by atoms with Crippen LogP contribution in [0.1, 0.15) is 11.1 Å². The zero-order valence-corrected chi connectivity index (χ0v) is 13.5. The molecule has 24 heavy (non-hydrogen) atoms. The third-order valence-electron chi connectivity index (χ3n) is 4.04. The lowest BCUT2D eigenvalue weighted by molar-refractivity contribution is -0.392. The van der Waals surface area contributed by atoms with Gasteiger partial charge in [-0.25, -0.2) is 0 Å². The number of morpholine rings is 1. The van der Waals surface area contributed by atoms with Gasteiger partial charge in [-0.3, -0.25) is 20.2 Å². The fraction of sp³-hybridized carbons (Fsp3) is 0.571. The fourth-order valence-corrected chi connectivity index (χ4v) is 2.72. The summed E-state index contributed by atoms with van der Waals surface area (Å²) in [4.78, 5) is 23.4. The quantitative estimate of drug-likeness (QED) is 0.580. The van der Waals surface area contributed by atoms with Gasteiger partial charge in [0, 0.05) is 31.3 Å². The van der Waals surface area contributed by atoms with E-state index >= 15 is 0 Å². The van der Waals surface area contributed by atoms with Crippen LogP contribution in [0.2, 0.25) is 0 Å². The van der Waals surface area contributed by atoms with Crippen molar-refractivity contribution in [3.8, 4) is 0 Å². The molecule has 2 rings (SSSR count). The molecule has 0 radical (unpaired) electrons. The van der Waals surface area contributed by atoms with E-state index in [1.165, 1.54) is 13.0 Å². The van der Waals surface area contributed by atoms with E-state index in [0.717, 1.165) is 6.54 Å². The number of aliphatic hydroxyl groups excluding tert-OH is 1. The molecule has 0 aromatic heterocycles. The second kappa shape index (κ2) is 7.51. The predicted molar refractivity (Wildman–Crippen MR) is 86.1 cm³/mol. The van der Waals surface area contributed by atoms with Crippen molar-refractivity contribution in [2.75, 3.05) is 38.6 Å². The molecule has 1 atom stereocenters. The van der Waals surface area contributed by atoms with Crippen LogP contribution >= 0.6 is 0 Å². The Morgan fingerprint density at radius 2 is 2.12 bits per heavy atom. The van der Waals surface area contributed by atoms with Gasteiger partial charge in [-0.1, -0.05) is 0 Å². The number of rotatable bonds is 6. The number of nitrogens with zero attached hydrogens (tertiary/aromatic N) is 3. The van der Waals surface area contributed by atoms with Crippen LogP contribution in [0.25, 0.3) is 0 Å². The zero-order valence-electron chi connectivity index (χ0n) is 13.5. The summed E-state index contributed by atoms with van der Waals surface area (Å²) < 4.78 is 5.56. The van der Waals surface area contributed by atoms with Crippen LogP contribution in [0.4, 0.5) is 17.1 Å². The molecule has 0 saturated carbocycles. The number of ether oxygens (including phenoxy) is 1. The third-order valence-corrected chi connectivity index (χ3v) is 4.04. The van der Waals surface area contributed by atoms with Crippen LogP contribution in [0.5, 0.6) is 0 Å². The standard InChI is InChI=1S/C14H20N4O6/c1-9-10(8-19)5-12(17(20)21)13(14(9)18(22)23)15-6-11-7-16(2)3-4-24-11/h5,11,15,19H,3-4,6-8H2,1-2H3. The summed E-state index contributed by atoms with van der Waals surface area (Å²) in [5.74, 6) is 0. The highest BCUT2D eigenvalue weighted by Gasteiger charge is 2.31. The van der Waals surface area contributed by atoms with E-state index in [9.17, 15) is 25.3 Å². The number of benzene rings is 1. The second-order valence-electron chi connectivity index (χ2n) is 5.71. The Hall–Kier alpha value is -2.30. The topological polar surface area (TPSA) is 131 Å². The summed E-state index contributed by atoms with van der Waals surface area (Å²) in [7, 11) is 1.93. The first-order chi connectivity index (χ1) is 11.3. The van der Waals surface area contributed by atoms with Crippen molar-refractivity contribution < 1.29 is 19.7 Å². The number of nitro groups is 2. The maximum absolute atomic E-state index is 11.4. The molecule has 10 heteroatoms. The van der Waals surface area contributed by atoms with E-state index < -0.39 is 27.8 Å². The number of nitro benzene ring substituents is 2. The molecular weight excluding hydrogens is 320 g/mol. The van der Waals surface area contributed by atoms with Crippen molar-refractivity contribution in [2.45, 2.75) is 19.6 Å². The van der Waals surface area contributed by atoms with Gasteiger partial charge in [0.15, 0.2) is 5.69 Å². The van der Waals surface area contributed by atoms with Gasteiger partial charge in [0.05, 0.1) is 29.2 Å². The minimum absolute atomic E-state index is 0.156. The van der Waals surface area contributed by atoms with Crippen LogP contribution < -0.4 is 5.32 Å². The third kappa shape index (κ3) is 3.78. The molecule has 0 aliphatic carbocycles. The molecular formula is C14H20N4O6. The molecule has 1 aliphatic rings. The van der Waals surface area contributed by atoms with E-state index in [2.05, 4.69) is 10.2 Å².